The minimum absolute atomic E-state index is 0.0108. The molecule has 4 heteroatoms. The molecule has 74 valence electrons. The van der Waals surface area contributed by atoms with Crippen molar-refractivity contribution in [3.05, 3.63) is 35.6 Å². The molecule has 0 bridgehead atoms. The maximum atomic E-state index is 9.03. The molecule has 4 N–H and O–H groups in total. The fraction of sp³-hybridized carbons (Fsp3) is 0.333. The number of hydrogen-bond acceptors (Lipinski definition) is 4. The summed E-state index contributed by atoms with van der Waals surface area (Å²) in [6, 6.07) is 0. The van der Waals surface area contributed by atoms with Crippen molar-refractivity contribution in [3.63, 3.8) is 0 Å². The summed E-state index contributed by atoms with van der Waals surface area (Å²) in [6.07, 6.45) is 1.65. The van der Waals surface area contributed by atoms with E-state index in [0.29, 0.717) is 11.3 Å². The molecule has 0 aliphatic heterocycles. The minimum atomic E-state index is 0.0108. The number of aliphatic hydroxyl groups excluding tert-OH is 1. The van der Waals surface area contributed by atoms with E-state index in [4.69, 9.17) is 15.6 Å². The molecule has 0 aromatic carbocycles. The molecule has 0 spiro atoms. The molecule has 0 fully saturated rings. The third kappa shape index (κ3) is 3.55. The van der Waals surface area contributed by atoms with E-state index in [9.17, 15) is 0 Å². The Hall–Kier alpha value is -1.58. The van der Waals surface area contributed by atoms with Gasteiger partial charge in [0.15, 0.2) is 0 Å². The van der Waals surface area contributed by atoms with Gasteiger partial charge >= 0.3 is 0 Å². The molecule has 4 nitrogen and oxygen atoms in total. The smallest absolute Gasteiger partial charge is 0.207 e. The first-order chi connectivity index (χ1) is 6.02. The van der Waals surface area contributed by atoms with Gasteiger partial charge < -0.3 is 20.9 Å². The van der Waals surface area contributed by atoms with Crippen molar-refractivity contribution in [2.24, 2.45) is 5.73 Å². The Morgan fingerprint density at radius 1 is 1.62 bits per heavy atom. The molecule has 0 aromatic rings. The van der Waals surface area contributed by atoms with Gasteiger partial charge in [-0.3, -0.25) is 0 Å². The van der Waals surface area contributed by atoms with Crippen molar-refractivity contribution in [1.29, 1.82) is 0 Å². The number of hydrogen-bond donors (Lipinski definition) is 3. The van der Waals surface area contributed by atoms with Gasteiger partial charge in [-0.25, -0.2) is 0 Å². The van der Waals surface area contributed by atoms with Gasteiger partial charge in [-0.15, -0.1) is 0 Å². The summed E-state index contributed by atoms with van der Waals surface area (Å²) in [7, 11) is 3.19. The number of likely N-dealkylation sites (N-methyl/N-ethyl adjacent to an activating group) is 1. The molecule has 0 aromatic heterocycles. The number of ether oxygens (including phenoxy) is 1. The second-order valence-electron chi connectivity index (χ2n) is 2.51. The standard InChI is InChI=1S/C9H16N2O2/c1-6(7(2)12)5-8(11-3)9(10)13-4/h5,11-12H,2,10H2,1,3-4H3/b6-5-,9-8-. The van der Waals surface area contributed by atoms with Crippen molar-refractivity contribution in [3.8, 4) is 0 Å². The van der Waals surface area contributed by atoms with Crippen LogP contribution in [0.2, 0.25) is 0 Å². The van der Waals surface area contributed by atoms with Gasteiger partial charge in [0, 0.05) is 7.05 Å². The van der Waals surface area contributed by atoms with Gasteiger partial charge in [0.2, 0.25) is 5.88 Å². The van der Waals surface area contributed by atoms with E-state index in [1.165, 1.54) is 7.11 Å². The van der Waals surface area contributed by atoms with Crippen LogP contribution in [-0.4, -0.2) is 19.3 Å². The zero-order chi connectivity index (χ0) is 10.4. The molecule has 0 saturated carbocycles. The molecule has 0 aliphatic rings. The Morgan fingerprint density at radius 3 is 2.46 bits per heavy atom. The quantitative estimate of drug-likeness (QED) is 0.450. The lowest BCUT2D eigenvalue weighted by Crippen LogP contribution is -2.14. The largest absolute Gasteiger partial charge is 0.508 e. The maximum Gasteiger partial charge on any atom is 0.207 e. The molecule has 0 heterocycles. The van der Waals surface area contributed by atoms with Gasteiger partial charge in [-0.2, -0.15) is 0 Å². The van der Waals surface area contributed by atoms with Gasteiger partial charge in [-0.05, 0) is 18.6 Å². The highest BCUT2D eigenvalue weighted by molar-refractivity contribution is 5.30. The fourth-order valence-corrected chi connectivity index (χ4v) is 0.676. The van der Waals surface area contributed by atoms with E-state index in [2.05, 4.69) is 11.9 Å². The lowest BCUT2D eigenvalue weighted by molar-refractivity contribution is 0.281. The predicted octanol–water partition coefficient (Wildman–Crippen LogP) is 0.998. The molecular formula is C9H16N2O2. The molecule has 13 heavy (non-hydrogen) atoms. The van der Waals surface area contributed by atoms with Crippen molar-refractivity contribution in [1.82, 2.24) is 5.32 Å². The first kappa shape index (κ1) is 11.4. The lowest BCUT2D eigenvalue weighted by atomic mass is 10.2. The van der Waals surface area contributed by atoms with E-state index < -0.39 is 0 Å². The van der Waals surface area contributed by atoms with Crippen LogP contribution in [0.25, 0.3) is 0 Å². The van der Waals surface area contributed by atoms with Crippen LogP contribution in [0.5, 0.6) is 0 Å². The summed E-state index contributed by atoms with van der Waals surface area (Å²) in [5.41, 5.74) is 6.75. The van der Waals surface area contributed by atoms with Crippen molar-refractivity contribution in [2.45, 2.75) is 6.92 Å². The van der Waals surface area contributed by atoms with Crippen LogP contribution in [0.15, 0.2) is 35.6 Å². The number of nitrogens with two attached hydrogens (primary N) is 1. The Labute approximate surface area is 78.4 Å². The fourth-order valence-electron chi connectivity index (χ4n) is 0.676. The van der Waals surface area contributed by atoms with Crippen LogP contribution in [0.3, 0.4) is 0 Å². The summed E-state index contributed by atoms with van der Waals surface area (Å²) in [5.74, 6) is 0.278. The number of methoxy groups -OCH3 is 1. The Balaban J connectivity index is 4.83. The zero-order valence-corrected chi connectivity index (χ0v) is 8.22. The van der Waals surface area contributed by atoms with Crippen LogP contribution in [0, 0.1) is 0 Å². The molecule has 0 aliphatic carbocycles. The highest BCUT2D eigenvalue weighted by Gasteiger charge is 2.00. The van der Waals surface area contributed by atoms with Gasteiger partial charge in [-0.1, -0.05) is 6.58 Å². The number of rotatable bonds is 4. The van der Waals surface area contributed by atoms with E-state index in [1.807, 2.05) is 0 Å². The average molecular weight is 184 g/mol. The van der Waals surface area contributed by atoms with E-state index in [1.54, 1.807) is 20.0 Å². The van der Waals surface area contributed by atoms with Crippen LogP contribution < -0.4 is 11.1 Å². The maximum absolute atomic E-state index is 9.03. The van der Waals surface area contributed by atoms with Gasteiger partial charge in [0.25, 0.3) is 0 Å². The van der Waals surface area contributed by atoms with Crippen molar-refractivity contribution in [2.75, 3.05) is 14.2 Å². The second-order valence-corrected chi connectivity index (χ2v) is 2.51. The van der Waals surface area contributed by atoms with Crippen LogP contribution >= 0.6 is 0 Å². The first-order valence-corrected chi connectivity index (χ1v) is 3.81. The van der Waals surface area contributed by atoms with Gasteiger partial charge in [0.1, 0.15) is 5.76 Å². The van der Waals surface area contributed by atoms with E-state index >= 15 is 0 Å². The molecule has 0 rings (SSSR count). The normalized spacial score (nSPS) is 13.3. The highest BCUT2D eigenvalue weighted by Crippen LogP contribution is 2.07. The van der Waals surface area contributed by atoms with Crippen LogP contribution in [-0.2, 0) is 4.74 Å². The average Bonchev–Trinajstić information content (AvgIpc) is 2.12. The molecule has 0 unspecified atom stereocenters. The topological polar surface area (TPSA) is 67.5 Å². The lowest BCUT2D eigenvalue weighted by Gasteiger charge is -2.07. The third-order valence-corrected chi connectivity index (χ3v) is 1.57. The molecule has 0 atom stereocenters. The van der Waals surface area contributed by atoms with Crippen LogP contribution in [0.1, 0.15) is 6.92 Å². The summed E-state index contributed by atoms with van der Waals surface area (Å²) in [5, 5.41) is 11.9. The van der Waals surface area contributed by atoms with Crippen LogP contribution in [0.4, 0.5) is 0 Å². The Kier molecular flexibility index (Phi) is 4.51. The second kappa shape index (κ2) is 5.13. The minimum Gasteiger partial charge on any atom is -0.508 e. The summed E-state index contributed by atoms with van der Waals surface area (Å²) >= 11 is 0. The third-order valence-electron chi connectivity index (χ3n) is 1.57. The zero-order valence-electron chi connectivity index (χ0n) is 8.22. The number of allylic oxidation sites excluding steroid dienone is 2. The molecule has 0 amide bonds. The Bertz CT molecular complexity index is 254. The van der Waals surface area contributed by atoms with E-state index in [0.717, 1.165) is 0 Å². The first-order valence-electron chi connectivity index (χ1n) is 3.81. The van der Waals surface area contributed by atoms with Crippen molar-refractivity contribution < 1.29 is 9.84 Å². The molecular weight excluding hydrogens is 168 g/mol. The molecule has 0 saturated heterocycles. The number of nitrogens with one attached hydrogen (secondary N) is 1. The monoisotopic (exact) mass is 184 g/mol. The predicted molar refractivity (Wildman–Crippen MR) is 52.8 cm³/mol. The number of aliphatic hydroxyl groups is 1. The summed E-state index contributed by atoms with van der Waals surface area (Å²) in [6.45, 7) is 5.11. The Morgan fingerprint density at radius 2 is 2.15 bits per heavy atom. The molecule has 0 radical (unpaired) electrons. The SMILES string of the molecule is C=C(O)/C(C)=C\C(NC)=C(/N)OC. The summed E-state index contributed by atoms with van der Waals surface area (Å²) < 4.78 is 4.82. The van der Waals surface area contributed by atoms with E-state index in [-0.39, 0.29) is 11.6 Å². The highest BCUT2D eigenvalue weighted by atomic mass is 16.5. The van der Waals surface area contributed by atoms with Crippen molar-refractivity contribution >= 4 is 0 Å². The summed E-state index contributed by atoms with van der Waals surface area (Å²) in [4.78, 5) is 0. The van der Waals surface area contributed by atoms with Gasteiger partial charge in [0.05, 0.1) is 12.8 Å².